The number of hydrogen-bond acceptors (Lipinski definition) is 5. The molecule has 1 heterocycles. The van der Waals surface area contributed by atoms with E-state index in [1.54, 1.807) is 13.0 Å². The number of nitrogens with one attached hydrogen (secondary N) is 2. The zero-order valence-electron chi connectivity index (χ0n) is 15.1. The maximum Gasteiger partial charge on any atom is 0.258 e. The van der Waals surface area contributed by atoms with Gasteiger partial charge in [0.1, 0.15) is 24.6 Å². The predicted molar refractivity (Wildman–Crippen MR) is 100 cm³/mol. The first-order chi connectivity index (χ1) is 13.6. The Balaban J connectivity index is 1.94. The van der Waals surface area contributed by atoms with Crippen LogP contribution in [0.3, 0.4) is 0 Å². The van der Waals surface area contributed by atoms with Gasteiger partial charge in [0.05, 0.1) is 29.9 Å². The van der Waals surface area contributed by atoms with Gasteiger partial charge in [-0.2, -0.15) is 5.26 Å². The molecule has 11 heteroatoms. The Bertz CT molecular complexity index is 1140. The topological polar surface area (TPSA) is 108 Å². The van der Waals surface area contributed by atoms with E-state index in [4.69, 9.17) is 17.8 Å². The molecule has 3 rings (SSSR count). The van der Waals surface area contributed by atoms with Crippen molar-refractivity contribution in [2.75, 3.05) is 18.5 Å². The fourth-order valence-electron chi connectivity index (χ4n) is 2.74. The van der Waals surface area contributed by atoms with Gasteiger partial charge in [-0.3, -0.25) is 4.79 Å². The average molecular weight is 417 g/mol. The second-order valence-corrected chi connectivity index (χ2v) is 8.41. The van der Waals surface area contributed by atoms with Gasteiger partial charge < -0.3 is 10.1 Å². The van der Waals surface area contributed by atoms with E-state index in [0.717, 1.165) is 24.3 Å². The number of sulfonamides is 1. The molecule has 7 nitrogen and oxygen atoms in total. The molecule has 1 fully saturated rings. The van der Waals surface area contributed by atoms with Crippen LogP contribution in [0.5, 0.6) is 0 Å². The SMILES string of the molecule is [B]c1ccc(S(=O)(=O)NC2(C)COC2)c(F)c1C(=O)Nc1ccc(F)c(C#N)c1. The van der Waals surface area contributed by atoms with Gasteiger partial charge in [0, 0.05) is 5.69 Å². The van der Waals surface area contributed by atoms with Gasteiger partial charge in [0.2, 0.25) is 10.0 Å². The lowest BCUT2D eigenvalue weighted by atomic mass is 9.90. The molecule has 29 heavy (non-hydrogen) atoms. The molecular weight excluding hydrogens is 403 g/mol. The molecule has 0 bridgehead atoms. The lowest BCUT2D eigenvalue weighted by molar-refractivity contribution is -0.0523. The van der Waals surface area contributed by atoms with Gasteiger partial charge in [-0.15, -0.1) is 0 Å². The van der Waals surface area contributed by atoms with Crippen LogP contribution in [0.15, 0.2) is 35.2 Å². The molecule has 0 unspecified atom stereocenters. The summed E-state index contributed by atoms with van der Waals surface area (Å²) < 4.78 is 60.8. The second kappa shape index (κ2) is 7.55. The van der Waals surface area contributed by atoms with Crippen molar-refractivity contribution in [3.63, 3.8) is 0 Å². The quantitative estimate of drug-likeness (QED) is 0.705. The van der Waals surface area contributed by atoms with Gasteiger partial charge in [0.15, 0.2) is 5.82 Å². The molecule has 0 saturated carbocycles. The maximum atomic E-state index is 15.0. The Hall–Kier alpha value is -2.81. The summed E-state index contributed by atoms with van der Waals surface area (Å²) in [5.74, 6) is -3.17. The summed E-state index contributed by atoms with van der Waals surface area (Å²) in [5.41, 5.74) is -2.17. The lowest BCUT2D eigenvalue weighted by Gasteiger charge is -2.38. The van der Waals surface area contributed by atoms with Crippen molar-refractivity contribution in [3.8, 4) is 6.07 Å². The largest absolute Gasteiger partial charge is 0.377 e. The van der Waals surface area contributed by atoms with Gasteiger partial charge in [-0.25, -0.2) is 21.9 Å². The normalized spacial score (nSPS) is 15.2. The summed E-state index contributed by atoms with van der Waals surface area (Å²) in [7, 11) is 1.38. The van der Waals surface area contributed by atoms with Gasteiger partial charge in [-0.05, 0) is 31.2 Å². The van der Waals surface area contributed by atoms with Crippen LogP contribution in [0, 0.1) is 23.0 Å². The molecule has 148 valence electrons. The number of amides is 1. The zero-order chi connectivity index (χ0) is 21.4. The Morgan fingerprint density at radius 2 is 1.97 bits per heavy atom. The molecule has 2 radical (unpaired) electrons. The van der Waals surface area contributed by atoms with Crippen molar-refractivity contribution in [2.45, 2.75) is 17.4 Å². The van der Waals surface area contributed by atoms with Crippen molar-refractivity contribution >= 4 is 34.9 Å². The molecule has 0 spiro atoms. The standard InChI is InChI=1S/C18H14BF2N3O4S/c1-18(8-28-9-18)24-29(26,27)14-5-3-12(19)15(16(14)21)17(25)23-11-2-4-13(20)10(6-11)7-22/h2-6,24H,8-9H2,1H3,(H,23,25). The van der Waals surface area contributed by atoms with Gasteiger partial charge in [-0.1, -0.05) is 11.5 Å². The highest BCUT2D eigenvalue weighted by Crippen LogP contribution is 2.23. The van der Waals surface area contributed by atoms with Crippen LogP contribution in [-0.2, 0) is 14.8 Å². The Kier molecular flexibility index (Phi) is 5.45. The number of halogens is 2. The van der Waals surface area contributed by atoms with E-state index < -0.39 is 43.6 Å². The summed E-state index contributed by atoms with van der Waals surface area (Å²) in [5, 5.41) is 11.1. The summed E-state index contributed by atoms with van der Waals surface area (Å²) in [6.07, 6.45) is 0. The van der Waals surface area contributed by atoms with E-state index in [-0.39, 0.29) is 29.9 Å². The van der Waals surface area contributed by atoms with E-state index in [2.05, 4.69) is 10.0 Å². The smallest absolute Gasteiger partial charge is 0.258 e. The first-order valence-corrected chi connectivity index (χ1v) is 9.75. The number of benzene rings is 2. The first kappa shape index (κ1) is 20.9. The number of nitrogens with zero attached hydrogens (tertiary/aromatic N) is 1. The number of nitriles is 1. The molecule has 0 aromatic heterocycles. The van der Waals surface area contributed by atoms with Crippen LogP contribution in [0.2, 0.25) is 0 Å². The van der Waals surface area contributed by atoms with Crippen LogP contribution < -0.4 is 15.5 Å². The third-order valence-electron chi connectivity index (χ3n) is 4.22. The second-order valence-electron chi connectivity index (χ2n) is 6.76. The molecule has 1 aliphatic rings. The fourth-order valence-corrected chi connectivity index (χ4v) is 4.20. The molecule has 0 aliphatic carbocycles. The molecule has 1 amide bonds. The summed E-state index contributed by atoms with van der Waals surface area (Å²) in [4.78, 5) is 11.8. The third kappa shape index (κ3) is 4.14. The lowest BCUT2D eigenvalue weighted by Crippen LogP contribution is -2.59. The molecule has 2 aromatic rings. The summed E-state index contributed by atoms with van der Waals surface area (Å²) in [6.45, 7) is 1.85. The highest BCUT2D eigenvalue weighted by Gasteiger charge is 2.39. The van der Waals surface area contributed by atoms with E-state index in [0.29, 0.717) is 0 Å². The summed E-state index contributed by atoms with van der Waals surface area (Å²) >= 11 is 0. The number of anilines is 1. The van der Waals surface area contributed by atoms with Crippen molar-refractivity contribution in [3.05, 3.63) is 53.1 Å². The van der Waals surface area contributed by atoms with E-state index in [1.807, 2.05) is 0 Å². The van der Waals surface area contributed by atoms with E-state index >= 15 is 0 Å². The maximum absolute atomic E-state index is 15.0. The Morgan fingerprint density at radius 3 is 2.55 bits per heavy atom. The van der Waals surface area contributed by atoms with Gasteiger partial charge >= 0.3 is 0 Å². The zero-order valence-corrected chi connectivity index (χ0v) is 15.9. The highest BCUT2D eigenvalue weighted by atomic mass is 32.2. The minimum Gasteiger partial charge on any atom is -0.377 e. The third-order valence-corrected chi connectivity index (χ3v) is 5.88. The van der Waals surface area contributed by atoms with Crippen LogP contribution in [0.1, 0.15) is 22.8 Å². The van der Waals surface area contributed by atoms with Crippen LogP contribution in [-0.4, -0.2) is 40.9 Å². The minimum absolute atomic E-state index is 0.0114. The highest BCUT2D eigenvalue weighted by molar-refractivity contribution is 7.89. The van der Waals surface area contributed by atoms with E-state index in [9.17, 15) is 22.0 Å². The molecule has 2 aromatic carbocycles. The number of ether oxygens (including phenoxy) is 1. The van der Waals surface area contributed by atoms with E-state index in [1.165, 1.54) is 6.07 Å². The molecule has 0 atom stereocenters. The predicted octanol–water partition coefficient (Wildman–Crippen LogP) is 0.950. The minimum atomic E-state index is -4.30. The average Bonchev–Trinajstić information content (AvgIpc) is 2.61. The Morgan fingerprint density at radius 1 is 1.28 bits per heavy atom. The summed E-state index contributed by atoms with van der Waals surface area (Å²) in [6, 6.07) is 6.85. The van der Waals surface area contributed by atoms with Crippen LogP contribution in [0.25, 0.3) is 0 Å². The van der Waals surface area contributed by atoms with Crippen LogP contribution in [0.4, 0.5) is 14.5 Å². The van der Waals surface area contributed by atoms with Crippen molar-refractivity contribution in [1.29, 1.82) is 5.26 Å². The Labute approximate surface area is 167 Å². The number of carbonyl (C=O) groups is 1. The molecule has 1 aliphatic heterocycles. The van der Waals surface area contributed by atoms with Crippen LogP contribution >= 0.6 is 0 Å². The van der Waals surface area contributed by atoms with Gasteiger partial charge in [0.25, 0.3) is 5.91 Å². The molecule has 2 N–H and O–H groups in total. The molecular formula is C18H14BF2N3O4S. The number of hydrogen-bond donors (Lipinski definition) is 2. The number of rotatable bonds is 5. The molecule has 1 saturated heterocycles. The van der Waals surface area contributed by atoms with Crippen molar-refractivity contribution in [1.82, 2.24) is 4.72 Å². The first-order valence-electron chi connectivity index (χ1n) is 8.27. The van der Waals surface area contributed by atoms with Crippen molar-refractivity contribution < 1.29 is 26.7 Å². The van der Waals surface area contributed by atoms with Crippen molar-refractivity contribution in [2.24, 2.45) is 0 Å². The fraction of sp³-hybridized carbons (Fsp3) is 0.222. The monoisotopic (exact) mass is 417 g/mol. The number of carbonyl (C=O) groups excluding carboxylic acids is 1.